The number of rotatable bonds is 14. The van der Waals surface area contributed by atoms with Crippen molar-refractivity contribution in [2.75, 3.05) is 26.7 Å². The molecule has 0 radical (unpaired) electrons. The molecule has 9 heteroatoms. The zero-order valence-electron chi connectivity index (χ0n) is 27.8. The Morgan fingerprint density at radius 3 is 2.23 bits per heavy atom. The van der Waals surface area contributed by atoms with Gasteiger partial charge in [0.15, 0.2) is 0 Å². The van der Waals surface area contributed by atoms with Crippen LogP contribution >= 0.6 is 0 Å². The topological polar surface area (TPSA) is 99.3 Å². The summed E-state index contributed by atoms with van der Waals surface area (Å²) >= 11 is 0. The lowest BCUT2D eigenvalue weighted by molar-refractivity contribution is -0.148. The lowest BCUT2D eigenvalue weighted by atomic mass is 9.95. The van der Waals surface area contributed by atoms with Crippen LogP contribution in [0.3, 0.4) is 0 Å². The molecular formula is C34H54N4O5. The van der Waals surface area contributed by atoms with Gasteiger partial charge >= 0.3 is 5.97 Å². The molecule has 0 aliphatic carbocycles. The van der Waals surface area contributed by atoms with Crippen molar-refractivity contribution in [1.82, 2.24) is 20.0 Å². The van der Waals surface area contributed by atoms with E-state index in [1.54, 1.807) is 31.9 Å². The van der Waals surface area contributed by atoms with E-state index in [9.17, 15) is 19.2 Å². The normalized spacial score (nSPS) is 17.5. The van der Waals surface area contributed by atoms with Gasteiger partial charge in [-0.1, -0.05) is 70.5 Å². The second kappa shape index (κ2) is 17.2. The van der Waals surface area contributed by atoms with Crippen LogP contribution in [0, 0.1) is 11.8 Å². The Kier molecular flexibility index (Phi) is 14.4. The summed E-state index contributed by atoms with van der Waals surface area (Å²) in [7, 11) is 1.73. The van der Waals surface area contributed by atoms with Gasteiger partial charge in [-0.05, 0) is 64.5 Å². The number of ether oxygens (including phenoxy) is 1. The van der Waals surface area contributed by atoms with Crippen LogP contribution in [0.2, 0.25) is 0 Å². The molecule has 1 aromatic rings. The van der Waals surface area contributed by atoms with Crippen LogP contribution in [0.15, 0.2) is 42.0 Å². The maximum atomic E-state index is 13.9. The molecule has 1 aromatic carbocycles. The summed E-state index contributed by atoms with van der Waals surface area (Å²) < 4.78 is 5.13. The summed E-state index contributed by atoms with van der Waals surface area (Å²) in [6.07, 6.45) is 4.64. The Bertz CT molecular complexity index is 1100. The Morgan fingerprint density at radius 2 is 1.67 bits per heavy atom. The van der Waals surface area contributed by atoms with Gasteiger partial charge in [0.1, 0.15) is 12.6 Å². The number of likely N-dealkylation sites (tertiary alicyclic amines) is 1. The molecule has 2 rings (SSSR count). The second-order valence-electron chi connectivity index (χ2n) is 12.6. The van der Waals surface area contributed by atoms with Gasteiger partial charge in [0.25, 0.3) is 0 Å². The third-order valence-electron chi connectivity index (χ3n) is 8.11. The van der Waals surface area contributed by atoms with E-state index in [2.05, 4.69) is 24.1 Å². The fraction of sp³-hybridized carbons (Fsp3) is 0.647. The van der Waals surface area contributed by atoms with Gasteiger partial charge in [0, 0.05) is 25.2 Å². The van der Waals surface area contributed by atoms with Gasteiger partial charge in [-0.25, -0.2) is 0 Å². The van der Waals surface area contributed by atoms with Crippen LogP contribution in [0.5, 0.6) is 0 Å². The molecule has 1 fully saturated rings. The summed E-state index contributed by atoms with van der Waals surface area (Å²) in [5, 5.41) is 3.08. The molecule has 1 aliphatic heterocycles. The number of benzene rings is 1. The summed E-state index contributed by atoms with van der Waals surface area (Å²) in [4.78, 5) is 58.8. The van der Waals surface area contributed by atoms with Gasteiger partial charge in [0.2, 0.25) is 17.7 Å². The molecule has 3 atom stereocenters. The number of likely N-dealkylation sites (N-methyl/N-ethyl adjacent to an activating group) is 1. The second-order valence-corrected chi connectivity index (χ2v) is 12.6. The Morgan fingerprint density at radius 1 is 1.02 bits per heavy atom. The van der Waals surface area contributed by atoms with Crippen molar-refractivity contribution in [3.05, 3.63) is 47.5 Å². The minimum atomic E-state index is -0.697. The van der Waals surface area contributed by atoms with Gasteiger partial charge in [-0.3, -0.25) is 24.1 Å². The first-order chi connectivity index (χ1) is 20.3. The van der Waals surface area contributed by atoms with Crippen molar-refractivity contribution in [3.8, 4) is 0 Å². The SMILES string of the molecule is CCOC(=O)CN(Cc1ccccc1)C(=O)/C(C)=C/[C@H](C(C)C)N(C)C(=O)[C@@H](NC(=O)[C@H]1CCCCN1C(C)C)C(C)C. The number of hydrogen-bond donors (Lipinski definition) is 1. The maximum absolute atomic E-state index is 13.9. The van der Waals surface area contributed by atoms with Crippen molar-refractivity contribution in [2.24, 2.45) is 11.8 Å². The average molecular weight is 599 g/mol. The van der Waals surface area contributed by atoms with Crippen LogP contribution in [-0.2, 0) is 30.5 Å². The lowest BCUT2D eigenvalue weighted by Gasteiger charge is -2.39. The maximum Gasteiger partial charge on any atom is 0.325 e. The van der Waals surface area contributed by atoms with Crippen LogP contribution in [0.25, 0.3) is 0 Å². The van der Waals surface area contributed by atoms with E-state index in [1.807, 2.05) is 58.0 Å². The van der Waals surface area contributed by atoms with Crippen LogP contribution in [0.4, 0.5) is 0 Å². The summed E-state index contributed by atoms with van der Waals surface area (Å²) in [6.45, 7) is 16.7. The molecule has 0 bridgehead atoms. The van der Waals surface area contributed by atoms with Gasteiger partial charge in [0.05, 0.1) is 18.7 Å². The Balaban J connectivity index is 2.28. The molecule has 0 saturated carbocycles. The van der Waals surface area contributed by atoms with E-state index in [0.717, 1.165) is 31.4 Å². The molecule has 1 N–H and O–H groups in total. The van der Waals surface area contributed by atoms with Crippen LogP contribution < -0.4 is 5.32 Å². The molecule has 0 aromatic heterocycles. The summed E-state index contributed by atoms with van der Waals surface area (Å²) in [5.41, 5.74) is 1.32. The molecule has 9 nitrogen and oxygen atoms in total. The highest BCUT2D eigenvalue weighted by atomic mass is 16.5. The zero-order valence-corrected chi connectivity index (χ0v) is 27.8. The number of nitrogens with one attached hydrogen (secondary N) is 1. The van der Waals surface area contributed by atoms with E-state index in [1.165, 1.54) is 4.90 Å². The number of nitrogens with zero attached hydrogens (tertiary/aromatic N) is 3. The number of amides is 3. The number of hydrogen-bond acceptors (Lipinski definition) is 6. The molecule has 3 amide bonds. The highest BCUT2D eigenvalue weighted by Gasteiger charge is 2.36. The van der Waals surface area contributed by atoms with Gasteiger partial charge < -0.3 is 19.9 Å². The molecule has 1 heterocycles. The lowest BCUT2D eigenvalue weighted by Crippen LogP contribution is -2.58. The summed E-state index contributed by atoms with van der Waals surface area (Å²) in [5.74, 6) is -1.21. The monoisotopic (exact) mass is 598 g/mol. The quantitative estimate of drug-likeness (QED) is 0.252. The highest BCUT2D eigenvalue weighted by Crippen LogP contribution is 2.22. The van der Waals surface area contributed by atoms with Crippen molar-refractivity contribution < 1.29 is 23.9 Å². The number of carbonyl (C=O) groups is 4. The molecule has 240 valence electrons. The number of carbonyl (C=O) groups excluding carboxylic acids is 4. The standard InChI is InChI=1S/C34H54N4O5/c1-10-43-30(39)22-37(21-27-16-12-11-13-17-27)33(41)26(8)20-29(23(2)3)36(9)34(42)31(24(4)5)35-32(40)28-18-14-15-19-38(28)25(6)7/h11-13,16-17,20,23-25,28-29,31H,10,14-15,18-19,21-22H2,1-9H3,(H,35,40)/b26-20+/t28-,29-,31+/m1/s1. The predicted molar refractivity (Wildman–Crippen MR) is 170 cm³/mol. The van der Waals surface area contributed by atoms with Crippen molar-refractivity contribution in [3.63, 3.8) is 0 Å². The third kappa shape index (κ3) is 10.5. The van der Waals surface area contributed by atoms with Crippen molar-refractivity contribution >= 4 is 23.7 Å². The minimum absolute atomic E-state index is 0.0115. The number of piperidine rings is 1. The fourth-order valence-corrected chi connectivity index (χ4v) is 5.68. The fourth-order valence-electron chi connectivity index (χ4n) is 5.68. The first kappa shape index (κ1) is 36.0. The molecule has 0 spiro atoms. The number of esters is 1. The van der Waals surface area contributed by atoms with E-state index in [4.69, 9.17) is 4.74 Å². The molecule has 1 aliphatic rings. The predicted octanol–water partition coefficient (Wildman–Crippen LogP) is 4.41. The summed E-state index contributed by atoms with van der Waals surface area (Å²) in [6, 6.07) is 8.38. The molecule has 0 unspecified atom stereocenters. The van der Waals surface area contributed by atoms with Crippen molar-refractivity contribution in [1.29, 1.82) is 0 Å². The van der Waals surface area contributed by atoms with E-state index in [-0.39, 0.29) is 61.3 Å². The van der Waals surface area contributed by atoms with E-state index >= 15 is 0 Å². The van der Waals surface area contributed by atoms with Gasteiger partial charge in [-0.2, -0.15) is 0 Å². The highest BCUT2D eigenvalue weighted by molar-refractivity contribution is 5.95. The molecule has 1 saturated heterocycles. The largest absolute Gasteiger partial charge is 0.465 e. The first-order valence-corrected chi connectivity index (χ1v) is 15.8. The smallest absolute Gasteiger partial charge is 0.325 e. The average Bonchev–Trinajstić information content (AvgIpc) is 2.97. The third-order valence-corrected chi connectivity index (χ3v) is 8.11. The zero-order chi connectivity index (χ0) is 32.3. The van der Waals surface area contributed by atoms with E-state index < -0.39 is 18.1 Å². The van der Waals surface area contributed by atoms with E-state index in [0.29, 0.717) is 5.57 Å². The molecule has 43 heavy (non-hydrogen) atoms. The van der Waals surface area contributed by atoms with Gasteiger partial charge in [-0.15, -0.1) is 0 Å². The minimum Gasteiger partial charge on any atom is -0.465 e. The van der Waals surface area contributed by atoms with Crippen LogP contribution in [0.1, 0.15) is 80.2 Å². The Labute approximate surface area is 259 Å². The van der Waals surface area contributed by atoms with Crippen molar-refractivity contribution in [2.45, 2.75) is 105 Å². The first-order valence-electron chi connectivity index (χ1n) is 15.8. The Hall–Kier alpha value is -3.20. The molecular weight excluding hydrogens is 544 g/mol. The van der Waals surface area contributed by atoms with Crippen LogP contribution in [-0.4, -0.2) is 89.3 Å².